The third-order valence-electron chi connectivity index (χ3n) is 2.63. The van der Waals surface area contributed by atoms with Crippen LogP contribution in [0.2, 0.25) is 0 Å². The van der Waals surface area contributed by atoms with E-state index >= 15 is 0 Å². The van der Waals surface area contributed by atoms with E-state index in [9.17, 15) is 0 Å². The van der Waals surface area contributed by atoms with Gasteiger partial charge in [-0.05, 0) is 34.1 Å². The van der Waals surface area contributed by atoms with Crippen molar-refractivity contribution in [2.45, 2.75) is 45.8 Å². The van der Waals surface area contributed by atoms with Gasteiger partial charge in [0.15, 0.2) is 0 Å². The zero-order valence-electron chi connectivity index (χ0n) is 10.6. The molecule has 1 aliphatic rings. The van der Waals surface area contributed by atoms with Gasteiger partial charge in [-0.1, -0.05) is 0 Å². The second-order valence-corrected chi connectivity index (χ2v) is 5.27. The molecule has 0 aromatic heterocycles. The van der Waals surface area contributed by atoms with Gasteiger partial charge in [-0.15, -0.1) is 0 Å². The fourth-order valence-electron chi connectivity index (χ4n) is 1.74. The average Bonchev–Trinajstić information content (AvgIpc) is 2.13. The minimum Gasteiger partial charge on any atom is -0.379 e. The number of hydrogen-bond donors (Lipinski definition) is 0. The van der Waals surface area contributed by atoms with Crippen molar-refractivity contribution in [1.29, 1.82) is 0 Å². The molecule has 1 heterocycles. The second-order valence-electron chi connectivity index (χ2n) is 5.27. The van der Waals surface area contributed by atoms with Gasteiger partial charge in [0.1, 0.15) is 0 Å². The molecule has 0 saturated carbocycles. The summed E-state index contributed by atoms with van der Waals surface area (Å²) in [5.74, 6) is 0. The van der Waals surface area contributed by atoms with Crippen LogP contribution in [0, 0.1) is 0 Å². The summed E-state index contributed by atoms with van der Waals surface area (Å²) in [7, 11) is 0. The third-order valence-corrected chi connectivity index (χ3v) is 2.63. The van der Waals surface area contributed by atoms with E-state index in [-0.39, 0.29) is 5.60 Å². The van der Waals surface area contributed by atoms with Gasteiger partial charge in [-0.2, -0.15) is 0 Å². The Labute approximate surface area is 93.7 Å². The van der Waals surface area contributed by atoms with E-state index in [4.69, 9.17) is 9.47 Å². The molecular formula is C12H25NO2. The predicted octanol–water partition coefficient (Wildman–Crippen LogP) is 1.91. The van der Waals surface area contributed by atoms with Gasteiger partial charge >= 0.3 is 0 Å². The van der Waals surface area contributed by atoms with Crippen LogP contribution in [0.25, 0.3) is 0 Å². The standard InChI is InChI=1S/C12H25NO2/c1-11-10-14-9-7-13(11)6-5-8-15-12(2,3)4/h11H,5-10H2,1-4H3. The lowest BCUT2D eigenvalue weighted by Gasteiger charge is -2.33. The van der Waals surface area contributed by atoms with Crippen LogP contribution in [0.3, 0.4) is 0 Å². The van der Waals surface area contributed by atoms with Crippen LogP contribution < -0.4 is 0 Å². The van der Waals surface area contributed by atoms with E-state index < -0.39 is 0 Å². The molecule has 1 rings (SSSR count). The molecule has 1 aliphatic heterocycles. The number of hydrogen-bond acceptors (Lipinski definition) is 3. The Hall–Kier alpha value is -0.120. The first-order valence-corrected chi connectivity index (χ1v) is 5.95. The van der Waals surface area contributed by atoms with Gasteiger partial charge in [0, 0.05) is 25.7 Å². The maximum Gasteiger partial charge on any atom is 0.0619 e. The van der Waals surface area contributed by atoms with Crippen molar-refractivity contribution in [3.63, 3.8) is 0 Å². The van der Waals surface area contributed by atoms with E-state index in [1.54, 1.807) is 0 Å². The van der Waals surface area contributed by atoms with Crippen molar-refractivity contribution in [2.24, 2.45) is 0 Å². The molecule has 1 fully saturated rings. The summed E-state index contributed by atoms with van der Waals surface area (Å²) in [5.41, 5.74) is -0.00335. The quantitative estimate of drug-likeness (QED) is 0.669. The zero-order chi connectivity index (χ0) is 11.3. The molecule has 0 aromatic carbocycles. The van der Waals surface area contributed by atoms with E-state index in [2.05, 4.69) is 32.6 Å². The Morgan fingerprint density at radius 1 is 1.40 bits per heavy atom. The summed E-state index contributed by atoms with van der Waals surface area (Å²) in [6.45, 7) is 13.3. The Bertz CT molecular complexity index is 177. The lowest BCUT2D eigenvalue weighted by atomic mass is 10.2. The van der Waals surface area contributed by atoms with Crippen LogP contribution >= 0.6 is 0 Å². The van der Waals surface area contributed by atoms with Gasteiger partial charge in [0.25, 0.3) is 0 Å². The van der Waals surface area contributed by atoms with Crippen LogP contribution in [0.5, 0.6) is 0 Å². The molecular weight excluding hydrogens is 190 g/mol. The maximum absolute atomic E-state index is 5.70. The largest absolute Gasteiger partial charge is 0.379 e. The lowest BCUT2D eigenvalue weighted by molar-refractivity contribution is -0.0243. The highest BCUT2D eigenvalue weighted by molar-refractivity contribution is 4.70. The first-order chi connectivity index (χ1) is 6.99. The molecule has 0 spiro atoms. The molecule has 1 saturated heterocycles. The molecule has 0 aromatic rings. The summed E-state index contributed by atoms with van der Waals surface area (Å²) in [6, 6.07) is 0.563. The molecule has 15 heavy (non-hydrogen) atoms. The summed E-state index contributed by atoms with van der Waals surface area (Å²) >= 11 is 0. The van der Waals surface area contributed by atoms with Gasteiger partial charge < -0.3 is 9.47 Å². The summed E-state index contributed by atoms with van der Waals surface area (Å²) in [6.07, 6.45) is 1.11. The maximum atomic E-state index is 5.70. The SMILES string of the molecule is CC1COCCN1CCCOC(C)(C)C. The minimum absolute atomic E-state index is 0.00335. The third kappa shape index (κ3) is 5.50. The number of nitrogens with zero attached hydrogens (tertiary/aromatic N) is 1. The Balaban J connectivity index is 2.08. The number of rotatable bonds is 4. The summed E-state index contributed by atoms with van der Waals surface area (Å²) in [4.78, 5) is 2.48. The Morgan fingerprint density at radius 2 is 2.13 bits per heavy atom. The van der Waals surface area contributed by atoms with E-state index in [0.717, 1.165) is 39.3 Å². The number of morpholine rings is 1. The first-order valence-electron chi connectivity index (χ1n) is 5.95. The highest BCUT2D eigenvalue weighted by atomic mass is 16.5. The molecule has 1 atom stereocenters. The zero-order valence-corrected chi connectivity index (χ0v) is 10.6. The Kier molecular flexibility index (Phi) is 5.03. The predicted molar refractivity (Wildman–Crippen MR) is 62.2 cm³/mol. The number of ether oxygens (including phenoxy) is 2. The molecule has 0 aliphatic carbocycles. The molecule has 0 N–H and O–H groups in total. The van der Waals surface area contributed by atoms with Crippen molar-refractivity contribution in [2.75, 3.05) is 32.9 Å². The van der Waals surface area contributed by atoms with Crippen molar-refractivity contribution in [1.82, 2.24) is 4.90 Å². The smallest absolute Gasteiger partial charge is 0.0619 e. The van der Waals surface area contributed by atoms with Crippen LogP contribution in [0.15, 0.2) is 0 Å². The van der Waals surface area contributed by atoms with E-state index in [1.165, 1.54) is 0 Å². The molecule has 0 radical (unpaired) electrons. The molecule has 1 unspecified atom stereocenters. The molecule has 0 bridgehead atoms. The van der Waals surface area contributed by atoms with Crippen LogP contribution in [0.4, 0.5) is 0 Å². The average molecular weight is 215 g/mol. The fraction of sp³-hybridized carbons (Fsp3) is 1.00. The van der Waals surface area contributed by atoms with Crippen molar-refractivity contribution in [3.05, 3.63) is 0 Å². The summed E-state index contributed by atoms with van der Waals surface area (Å²) in [5, 5.41) is 0. The molecule has 90 valence electrons. The van der Waals surface area contributed by atoms with Gasteiger partial charge in [-0.25, -0.2) is 0 Å². The van der Waals surface area contributed by atoms with Crippen molar-refractivity contribution < 1.29 is 9.47 Å². The topological polar surface area (TPSA) is 21.7 Å². The Morgan fingerprint density at radius 3 is 2.73 bits per heavy atom. The van der Waals surface area contributed by atoms with Crippen LogP contribution in [-0.4, -0.2) is 49.5 Å². The van der Waals surface area contributed by atoms with Crippen molar-refractivity contribution in [3.8, 4) is 0 Å². The highest BCUT2D eigenvalue weighted by Crippen LogP contribution is 2.09. The van der Waals surface area contributed by atoms with E-state index in [1.807, 2.05) is 0 Å². The second kappa shape index (κ2) is 5.83. The van der Waals surface area contributed by atoms with E-state index in [0.29, 0.717) is 6.04 Å². The highest BCUT2D eigenvalue weighted by Gasteiger charge is 2.18. The normalized spacial score (nSPS) is 24.4. The summed E-state index contributed by atoms with van der Waals surface area (Å²) < 4.78 is 11.1. The van der Waals surface area contributed by atoms with Crippen LogP contribution in [-0.2, 0) is 9.47 Å². The van der Waals surface area contributed by atoms with Gasteiger partial charge in [0.05, 0.1) is 18.8 Å². The van der Waals surface area contributed by atoms with Gasteiger partial charge in [-0.3, -0.25) is 4.90 Å². The first kappa shape index (κ1) is 12.9. The molecule has 0 amide bonds. The van der Waals surface area contributed by atoms with Crippen molar-refractivity contribution >= 4 is 0 Å². The lowest BCUT2D eigenvalue weighted by Crippen LogP contribution is -2.44. The minimum atomic E-state index is -0.00335. The van der Waals surface area contributed by atoms with Crippen LogP contribution in [0.1, 0.15) is 34.1 Å². The van der Waals surface area contributed by atoms with Gasteiger partial charge in [0.2, 0.25) is 0 Å². The monoisotopic (exact) mass is 215 g/mol. The molecule has 3 nitrogen and oxygen atoms in total. The fourth-order valence-corrected chi connectivity index (χ4v) is 1.74. The molecule has 3 heteroatoms.